The van der Waals surface area contributed by atoms with Crippen molar-refractivity contribution in [2.45, 2.75) is 38.1 Å². The zero-order chi connectivity index (χ0) is 13.4. The maximum absolute atomic E-state index is 12.1. The zero-order valence-corrected chi connectivity index (χ0v) is 10.00. The third kappa shape index (κ3) is 2.96. The fourth-order valence-electron chi connectivity index (χ4n) is 2.51. The Balaban J connectivity index is 2.22. The average molecular weight is 260 g/mol. The molecule has 1 saturated carbocycles. The number of benzene rings is 1. The highest BCUT2D eigenvalue weighted by Crippen LogP contribution is 2.42. The zero-order valence-electron chi connectivity index (χ0n) is 10.00. The van der Waals surface area contributed by atoms with Crippen LogP contribution in [-0.4, -0.2) is 11.5 Å². The number of rotatable bonds is 2. The molecule has 0 aliphatic heterocycles. The van der Waals surface area contributed by atoms with E-state index in [0.29, 0.717) is 24.3 Å². The van der Waals surface area contributed by atoms with Crippen LogP contribution in [0.1, 0.15) is 31.7 Å². The van der Waals surface area contributed by atoms with E-state index in [0.717, 1.165) is 6.42 Å². The fraction of sp³-hybridized carbons (Fsp3) is 0.538. The van der Waals surface area contributed by atoms with Gasteiger partial charge in [-0.1, -0.05) is 19.1 Å². The Kier molecular flexibility index (Phi) is 3.27. The highest BCUT2D eigenvalue weighted by atomic mass is 19.4. The van der Waals surface area contributed by atoms with Gasteiger partial charge in [0.05, 0.1) is 5.60 Å². The summed E-state index contributed by atoms with van der Waals surface area (Å²) in [5, 5.41) is 10.4. The van der Waals surface area contributed by atoms with Gasteiger partial charge in [0.1, 0.15) is 5.75 Å². The molecule has 2 nitrogen and oxygen atoms in total. The van der Waals surface area contributed by atoms with Crippen LogP contribution in [0.15, 0.2) is 24.3 Å². The Bertz CT molecular complexity index is 430. The number of halogens is 3. The smallest absolute Gasteiger partial charge is 0.406 e. The quantitative estimate of drug-likeness (QED) is 0.880. The standard InChI is InChI=1S/C13H15F3O2/c1-9-5-6-12(17,8-9)10-3-2-4-11(7-10)18-13(14,15)16/h2-4,7,9,17H,5-6,8H2,1H3. The van der Waals surface area contributed by atoms with Gasteiger partial charge in [0.2, 0.25) is 0 Å². The van der Waals surface area contributed by atoms with Crippen molar-refractivity contribution in [3.8, 4) is 5.75 Å². The lowest BCUT2D eigenvalue weighted by Gasteiger charge is -2.23. The highest BCUT2D eigenvalue weighted by molar-refractivity contribution is 5.33. The van der Waals surface area contributed by atoms with Crippen molar-refractivity contribution in [2.75, 3.05) is 0 Å². The molecular weight excluding hydrogens is 245 g/mol. The summed E-state index contributed by atoms with van der Waals surface area (Å²) in [7, 11) is 0. The van der Waals surface area contributed by atoms with Crippen molar-refractivity contribution in [2.24, 2.45) is 5.92 Å². The van der Waals surface area contributed by atoms with E-state index in [4.69, 9.17) is 0 Å². The first-order valence-electron chi connectivity index (χ1n) is 5.87. The van der Waals surface area contributed by atoms with Gasteiger partial charge in [0, 0.05) is 0 Å². The van der Waals surface area contributed by atoms with Gasteiger partial charge in [-0.2, -0.15) is 0 Å². The Morgan fingerprint density at radius 2 is 2.11 bits per heavy atom. The Labute approximate surface area is 103 Å². The van der Waals surface area contributed by atoms with Gasteiger partial charge in [-0.3, -0.25) is 0 Å². The predicted octanol–water partition coefficient (Wildman–Crippen LogP) is 3.59. The van der Waals surface area contributed by atoms with Crippen molar-refractivity contribution < 1.29 is 23.0 Å². The molecule has 2 rings (SSSR count). The molecule has 0 aromatic heterocycles. The molecule has 0 radical (unpaired) electrons. The van der Waals surface area contributed by atoms with Gasteiger partial charge in [-0.15, -0.1) is 13.2 Å². The first kappa shape index (κ1) is 13.2. The number of alkyl halides is 3. The summed E-state index contributed by atoms with van der Waals surface area (Å²) in [4.78, 5) is 0. The second-order valence-corrected chi connectivity index (χ2v) is 4.96. The average Bonchev–Trinajstić information content (AvgIpc) is 2.58. The minimum atomic E-state index is -4.70. The SMILES string of the molecule is CC1CCC(O)(c2cccc(OC(F)(F)F)c2)C1. The van der Waals surface area contributed by atoms with Crippen molar-refractivity contribution in [3.05, 3.63) is 29.8 Å². The molecule has 0 amide bonds. The molecule has 100 valence electrons. The minimum absolute atomic E-state index is 0.284. The lowest BCUT2D eigenvalue weighted by atomic mass is 9.91. The third-order valence-corrected chi connectivity index (χ3v) is 3.34. The van der Waals surface area contributed by atoms with Crippen LogP contribution < -0.4 is 4.74 Å². The van der Waals surface area contributed by atoms with E-state index in [1.54, 1.807) is 6.07 Å². The summed E-state index contributed by atoms with van der Waals surface area (Å²) < 4.78 is 40.2. The fourth-order valence-corrected chi connectivity index (χ4v) is 2.51. The maximum Gasteiger partial charge on any atom is 0.573 e. The van der Waals surface area contributed by atoms with E-state index < -0.39 is 12.0 Å². The van der Waals surface area contributed by atoms with Gasteiger partial charge >= 0.3 is 6.36 Å². The molecule has 1 aliphatic carbocycles. The molecule has 1 N–H and O–H groups in total. The third-order valence-electron chi connectivity index (χ3n) is 3.34. The molecule has 18 heavy (non-hydrogen) atoms. The largest absolute Gasteiger partial charge is 0.573 e. The molecule has 0 bridgehead atoms. The molecule has 2 unspecified atom stereocenters. The second kappa shape index (κ2) is 4.46. The van der Waals surface area contributed by atoms with E-state index in [1.165, 1.54) is 18.2 Å². The summed E-state index contributed by atoms with van der Waals surface area (Å²) in [6.07, 6.45) is -2.68. The van der Waals surface area contributed by atoms with Crippen LogP contribution in [0.5, 0.6) is 5.75 Å². The summed E-state index contributed by atoms with van der Waals surface area (Å²) in [5.74, 6) is 0.0927. The normalized spacial score (nSPS) is 28.4. The Hall–Kier alpha value is -1.23. The van der Waals surface area contributed by atoms with Crippen LogP contribution in [0, 0.1) is 5.92 Å². The lowest BCUT2D eigenvalue weighted by Crippen LogP contribution is -2.22. The van der Waals surface area contributed by atoms with Crippen molar-refractivity contribution in [1.82, 2.24) is 0 Å². The summed E-state index contributed by atoms with van der Waals surface area (Å²) >= 11 is 0. The van der Waals surface area contributed by atoms with Gasteiger partial charge in [-0.25, -0.2) is 0 Å². The van der Waals surface area contributed by atoms with Crippen LogP contribution in [0.25, 0.3) is 0 Å². The molecular formula is C13H15F3O2. The topological polar surface area (TPSA) is 29.5 Å². The van der Waals surface area contributed by atoms with Gasteiger partial charge in [0.25, 0.3) is 0 Å². The van der Waals surface area contributed by atoms with Crippen molar-refractivity contribution >= 4 is 0 Å². The Morgan fingerprint density at radius 3 is 2.67 bits per heavy atom. The molecule has 1 aromatic carbocycles. The number of hydrogen-bond acceptors (Lipinski definition) is 2. The molecule has 1 aliphatic rings. The van der Waals surface area contributed by atoms with E-state index in [2.05, 4.69) is 4.74 Å². The van der Waals surface area contributed by atoms with E-state index in [1.807, 2.05) is 6.92 Å². The molecule has 0 spiro atoms. The molecule has 1 fully saturated rings. The van der Waals surface area contributed by atoms with Gasteiger partial charge in [0.15, 0.2) is 0 Å². The molecule has 5 heteroatoms. The molecule has 0 saturated heterocycles. The summed E-state index contributed by atoms with van der Waals surface area (Å²) in [5.41, 5.74) is -0.529. The van der Waals surface area contributed by atoms with Crippen molar-refractivity contribution in [1.29, 1.82) is 0 Å². The molecule has 2 atom stereocenters. The highest BCUT2D eigenvalue weighted by Gasteiger charge is 2.37. The molecule has 0 heterocycles. The number of ether oxygens (including phenoxy) is 1. The van der Waals surface area contributed by atoms with E-state index in [9.17, 15) is 18.3 Å². The van der Waals surface area contributed by atoms with Crippen LogP contribution in [0.2, 0.25) is 0 Å². The minimum Gasteiger partial charge on any atom is -0.406 e. The van der Waals surface area contributed by atoms with E-state index >= 15 is 0 Å². The summed E-state index contributed by atoms with van der Waals surface area (Å²) in [6, 6.07) is 5.61. The first-order chi connectivity index (χ1) is 8.28. The van der Waals surface area contributed by atoms with Crippen LogP contribution >= 0.6 is 0 Å². The van der Waals surface area contributed by atoms with Gasteiger partial charge in [-0.05, 0) is 42.9 Å². The summed E-state index contributed by atoms with van der Waals surface area (Å²) in [6.45, 7) is 2.02. The van der Waals surface area contributed by atoms with Crippen molar-refractivity contribution in [3.63, 3.8) is 0 Å². The van der Waals surface area contributed by atoms with E-state index in [-0.39, 0.29) is 5.75 Å². The second-order valence-electron chi connectivity index (χ2n) is 4.96. The van der Waals surface area contributed by atoms with Gasteiger partial charge < -0.3 is 9.84 Å². The molecule has 1 aromatic rings. The number of aliphatic hydroxyl groups is 1. The Morgan fingerprint density at radius 1 is 1.39 bits per heavy atom. The van der Waals surface area contributed by atoms with Crippen LogP contribution in [0.4, 0.5) is 13.2 Å². The monoisotopic (exact) mass is 260 g/mol. The predicted molar refractivity (Wildman–Crippen MR) is 60.0 cm³/mol. The number of hydrogen-bond donors (Lipinski definition) is 1. The van der Waals surface area contributed by atoms with Crippen LogP contribution in [0.3, 0.4) is 0 Å². The first-order valence-corrected chi connectivity index (χ1v) is 5.87. The van der Waals surface area contributed by atoms with Crippen LogP contribution in [-0.2, 0) is 5.60 Å². The maximum atomic E-state index is 12.1. The lowest BCUT2D eigenvalue weighted by molar-refractivity contribution is -0.274.